The van der Waals surface area contributed by atoms with E-state index in [4.69, 9.17) is 18.9 Å². The molecule has 3 aromatic carbocycles. The van der Waals surface area contributed by atoms with Gasteiger partial charge in [-0.15, -0.1) is 0 Å². The molecule has 3 heterocycles. The van der Waals surface area contributed by atoms with Crippen molar-refractivity contribution in [3.8, 4) is 22.4 Å². The van der Waals surface area contributed by atoms with Crippen molar-refractivity contribution in [1.29, 1.82) is 0 Å². The molecule has 11 heteroatoms. The number of rotatable bonds is 16. The zero-order valence-corrected chi connectivity index (χ0v) is 38.0. The fourth-order valence-electron chi connectivity index (χ4n) is 9.09. The molecule has 2 saturated heterocycles. The van der Waals surface area contributed by atoms with E-state index in [1.54, 1.807) is 12.1 Å². The predicted molar refractivity (Wildman–Crippen MR) is 241 cm³/mol. The Morgan fingerprint density at radius 2 is 1.29 bits per heavy atom. The van der Waals surface area contributed by atoms with Gasteiger partial charge in [-0.25, -0.2) is 4.39 Å². The van der Waals surface area contributed by atoms with Gasteiger partial charge in [0.25, 0.3) is 5.91 Å². The molecule has 1 aromatic heterocycles. The third-order valence-corrected chi connectivity index (χ3v) is 11.2. The van der Waals surface area contributed by atoms with Crippen LogP contribution in [-0.4, -0.2) is 64.7 Å². The number of Topliss-reactive ketones (excluding diaryl/α,β-unsaturated/α-hetero) is 1. The van der Waals surface area contributed by atoms with Crippen LogP contribution in [0.25, 0.3) is 22.4 Å². The van der Waals surface area contributed by atoms with Crippen molar-refractivity contribution < 1.29 is 37.7 Å². The van der Waals surface area contributed by atoms with Crippen molar-refractivity contribution in [2.45, 2.75) is 156 Å². The summed E-state index contributed by atoms with van der Waals surface area (Å²) in [7, 11) is 0. The van der Waals surface area contributed by atoms with Crippen LogP contribution >= 0.6 is 0 Å². The Balaban J connectivity index is 1.18. The minimum atomic E-state index is -0.942. The number of ketones is 1. The summed E-state index contributed by atoms with van der Waals surface area (Å²) in [5.74, 6) is -2.35. The van der Waals surface area contributed by atoms with E-state index in [-0.39, 0.29) is 59.5 Å². The van der Waals surface area contributed by atoms with E-state index in [0.717, 1.165) is 28.1 Å². The summed E-state index contributed by atoms with van der Waals surface area (Å²) in [6.07, 6.45) is 2.19. The largest absolute Gasteiger partial charge is 0.356 e. The Kier molecular flexibility index (Phi) is 14.9. The smallest absolute Gasteiger partial charge is 0.258 e. The zero-order chi connectivity index (χ0) is 44.8. The molecule has 2 amide bonds. The lowest BCUT2D eigenvalue weighted by molar-refractivity contribution is -0.300. The topological polar surface area (TPSA) is 117 Å². The van der Waals surface area contributed by atoms with E-state index in [9.17, 15) is 18.8 Å². The van der Waals surface area contributed by atoms with Crippen molar-refractivity contribution in [3.63, 3.8) is 0 Å². The van der Waals surface area contributed by atoms with Crippen LogP contribution in [0.15, 0.2) is 84.9 Å². The van der Waals surface area contributed by atoms with Crippen molar-refractivity contribution >= 4 is 23.3 Å². The molecule has 4 aromatic rings. The van der Waals surface area contributed by atoms with Crippen LogP contribution in [0.3, 0.4) is 0 Å². The van der Waals surface area contributed by atoms with Gasteiger partial charge in [0.15, 0.2) is 11.6 Å². The van der Waals surface area contributed by atoms with Crippen molar-refractivity contribution in [2.75, 3.05) is 11.9 Å². The number of nitrogens with one attached hydrogen (secondary N) is 2. The maximum atomic E-state index is 14.5. The quantitative estimate of drug-likeness (QED) is 0.115. The van der Waals surface area contributed by atoms with Crippen LogP contribution in [0.5, 0.6) is 0 Å². The van der Waals surface area contributed by atoms with Gasteiger partial charge in [-0.1, -0.05) is 83.1 Å². The third-order valence-electron chi connectivity index (χ3n) is 11.2. The van der Waals surface area contributed by atoms with Crippen LogP contribution in [0.2, 0.25) is 0 Å². The molecular formula is C51H66FN3O7. The molecule has 4 atom stereocenters. The summed E-state index contributed by atoms with van der Waals surface area (Å²) in [6.45, 7) is 18.7. The summed E-state index contributed by atoms with van der Waals surface area (Å²) in [5, 5.41) is 6.22. The monoisotopic (exact) mass is 851 g/mol. The summed E-state index contributed by atoms with van der Waals surface area (Å²) < 4.78 is 41.8. The van der Waals surface area contributed by atoms with Crippen molar-refractivity contribution in [2.24, 2.45) is 5.41 Å². The summed E-state index contributed by atoms with van der Waals surface area (Å²) in [6, 6.07) is 25.7. The molecular weight excluding hydrogens is 786 g/mol. The van der Waals surface area contributed by atoms with E-state index >= 15 is 0 Å². The molecule has 2 aliphatic heterocycles. The van der Waals surface area contributed by atoms with Gasteiger partial charge >= 0.3 is 0 Å². The maximum Gasteiger partial charge on any atom is 0.258 e. The van der Waals surface area contributed by atoms with Gasteiger partial charge in [0.05, 0.1) is 42.1 Å². The molecule has 10 nitrogen and oxygen atoms in total. The predicted octanol–water partition coefficient (Wildman–Crippen LogP) is 10.8. The second-order valence-corrected chi connectivity index (χ2v) is 19.3. The molecule has 2 aliphatic rings. The summed E-state index contributed by atoms with van der Waals surface area (Å²) in [5.41, 5.74) is 5.28. The summed E-state index contributed by atoms with van der Waals surface area (Å²) in [4.78, 5) is 40.7. The minimum absolute atomic E-state index is 0.0638. The van der Waals surface area contributed by atoms with Crippen LogP contribution in [-0.2, 0) is 35.1 Å². The Labute approximate surface area is 367 Å². The van der Waals surface area contributed by atoms with Crippen LogP contribution in [0.1, 0.15) is 129 Å². The second kappa shape index (κ2) is 19.8. The average molecular weight is 852 g/mol. The number of aromatic nitrogens is 1. The van der Waals surface area contributed by atoms with E-state index in [1.807, 2.05) is 88.4 Å². The van der Waals surface area contributed by atoms with Gasteiger partial charge in [0.2, 0.25) is 5.91 Å². The molecule has 0 saturated carbocycles. The number of carbonyl (C=O) groups excluding carboxylic acids is 3. The van der Waals surface area contributed by atoms with Gasteiger partial charge in [-0.2, -0.15) is 0 Å². The average Bonchev–Trinajstić information content (AvgIpc) is 3.52. The Hall–Kier alpha value is -4.68. The number of carbonyl (C=O) groups is 3. The maximum absolute atomic E-state index is 14.5. The lowest BCUT2D eigenvalue weighted by atomic mass is 9.87. The summed E-state index contributed by atoms with van der Waals surface area (Å²) >= 11 is 0. The molecule has 0 radical (unpaired) electrons. The third kappa shape index (κ3) is 12.7. The highest BCUT2D eigenvalue weighted by Crippen LogP contribution is 2.43. The molecule has 62 heavy (non-hydrogen) atoms. The molecule has 2 fully saturated rings. The first kappa shape index (κ1) is 46.8. The lowest BCUT2D eigenvalue weighted by Gasteiger charge is -2.41. The first-order valence-corrected chi connectivity index (χ1v) is 22.2. The number of hydrogen-bond donors (Lipinski definition) is 2. The van der Waals surface area contributed by atoms with Crippen molar-refractivity contribution in [1.82, 2.24) is 9.88 Å². The molecule has 0 spiro atoms. The number of nitrogens with zero attached hydrogens (tertiary/aromatic N) is 1. The molecule has 0 unspecified atom stereocenters. The Bertz CT molecular complexity index is 2140. The Morgan fingerprint density at radius 1 is 0.742 bits per heavy atom. The van der Waals surface area contributed by atoms with Gasteiger partial charge < -0.3 is 34.1 Å². The highest BCUT2D eigenvalue weighted by molar-refractivity contribution is 6.12. The van der Waals surface area contributed by atoms with E-state index < -0.39 is 17.7 Å². The van der Waals surface area contributed by atoms with Crippen LogP contribution < -0.4 is 10.6 Å². The van der Waals surface area contributed by atoms with Crippen molar-refractivity contribution in [3.05, 3.63) is 102 Å². The van der Waals surface area contributed by atoms with Gasteiger partial charge in [0.1, 0.15) is 11.6 Å². The first-order valence-electron chi connectivity index (χ1n) is 22.2. The molecule has 334 valence electrons. The van der Waals surface area contributed by atoms with E-state index in [2.05, 4.69) is 49.8 Å². The molecule has 6 rings (SSSR count). The van der Waals surface area contributed by atoms with Gasteiger partial charge in [0, 0.05) is 55.7 Å². The zero-order valence-electron chi connectivity index (χ0n) is 38.0. The van der Waals surface area contributed by atoms with E-state index in [0.29, 0.717) is 62.9 Å². The number of amides is 2. The van der Waals surface area contributed by atoms with E-state index in [1.165, 1.54) is 12.1 Å². The van der Waals surface area contributed by atoms with Gasteiger partial charge in [-0.05, 0) is 99.4 Å². The number of para-hydroxylation sites is 1. The van der Waals surface area contributed by atoms with Gasteiger partial charge in [-0.3, -0.25) is 14.4 Å². The fourth-order valence-corrected chi connectivity index (χ4v) is 9.09. The highest BCUT2D eigenvalue weighted by atomic mass is 19.1. The number of halogens is 1. The normalized spacial score (nSPS) is 21.1. The van der Waals surface area contributed by atoms with Crippen LogP contribution in [0.4, 0.5) is 10.1 Å². The molecule has 0 aliphatic carbocycles. The number of anilines is 1. The highest BCUT2D eigenvalue weighted by Gasteiger charge is 2.39. The minimum Gasteiger partial charge on any atom is -0.356 e. The van der Waals surface area contributed by atoms with Crippen LogP contribution in [0, 0.1) is 11.2 Å². The SMILES string of the molecule is CC(C)c1c(C(=O)Nc2ccccc2)c(-c2ccccc2)c(-c2ccc(F)cc2)n1CC[C@@H]1C[C@H](CC(=O)NCC[C@@H]2C[C@H](CC(=O)CC(C)(C)C)OC(C)(C)O2)OC(C)(C)O1. The lowest BCUT2D eigenvalue weighted by Crippen LogP contribution is -2.47. The molecule has 0 bridgehead atoms. The second-order valence-electron chi connectivity index (χ2n) is 19.3. The number of hydrogen-bond acceptors (Lipinski definition) is 7. The first-order chi connectivity index (χ1) is 29.3. The molecule has 2 N–H and O–H groups in total. The standard InChI is InChI=1S/C51H66FN3O7/c1-33(2)46-45(48(58)54-37-18-14-11-15-19-37)44(34-16-12-10-13-17-34)47(35-20-22-36(52)23-21-35)55(46)27-25-40-30-42(62-51(8,9)60-40)31-43(57)53-26-24-39-29-41(61-50(6,7)59-39)28-38(56)32-49(3,4)5/h10-23,33,39-42H,24-32H2,1-9H3,(H,53,57)(H,54,58)/t39-,40-,41+,42-/m1/s1. The number of ether oxygens (including phenoxy) is 4. The Morgan fingerprint density at radius 3 is 1.87 bits per heavy atom. The fraction of sp³-hybridized carbons (Fsp3) is 0.510. The number of benzene rings is 3.